The van der Waals surface area contributed by atoms with Gasteiger partial charge < -0.3 is 20.9 Å². The van der Waals surface area contributed by atoms with E-state index in [0.29, 0.717) is 6.54 Å². The van der Waals surface area contributed by atoms with Crippen LogP contribution in [0.3, 0.4) is 0 Å². The van der Waals surface area contributed by atoms with Crippen molar-refractivity contribution in [2.24, 2.45) is 11.1 Å². The van der Waals surface area contributed by atoms with Crippen molar-refractivity contribution in [3.8, 4) is 0 Å². The third-order valence-electron chi connectivity index (χ3n) is 8.63. The topological polar surface area (TPSA) is 99.0 Å². The Labute approximate surface area is 202 Å². The molecule has 1 aliphatic heterocycles. The molecule has 1 saturated heterocycles. The number of benzene rings is 1. The maximum absolute atomic E-state index is 13.6. The lowest BCUT2D eigenvalue weighted by atomic mass is 9.66. The zero-order valence-electron chi connectivity index (χ0n) is 20.8. The molecule has 1 aromatic carbocycles. The van der Waals surface area contributed by atoms with Crippen LogP contribution < -0.4 is 11.1 Å². The van der Waals surface area contributed by atoms with Gasteiger partial charge in [-0.1, -0.05) is 43.7 Å². The van der Waals surface area contributed by atoms with E-state index in [4.69, 9.17) is 5.73 Å². The number of nitrogens with one attached hydrogen (secondary N) is 1. The molecule has 34 heavy (non-hydrogen) atoms. The van der Waals surface area contributed by atoms with E-state index in [9.17, 15) is 14.4 Å². The van der Waals surface area contributed by atoms with Crippen molar-refractivity contribution in [3.63, 3.8) is 0 Å². The molecule has 2 saturated carbocycles. The summed E-state index contributed by atoms with van der Waals surface area (Å²) < 4.78 is 0. The lowest BCUT2D eigenvalue weighted by molar-refractivity contribution is -0.125. The highest BCUT2D eigenvalue weighted by atomic mass is 16.2. The van der Waals surface area contributed by atoms with Crippen LogP contribution in [0.2, 0.25) is 0 Å². The van der Waals surface area contributed by atoms with Crippen molar-refractivity contribution in [2.45, 2.75) is 62.9 Å². The zero-order chi connectivity index (χ0) is 24.6. The third kappa shape index (κ3) is 4.52. The lowest BCUT2D eigenvalue weighted by Gasteiger charge is -2.53. The van der Waals surface area contributed by atoms with Gasteiger partial charge in [-0.25, -0.2) is 4.79 Å². The second-order valence-corrected chi connectivity index (χ2v) is 11.1. The number of primary amides is 1. The van der Waals surface area contributed by atoms with Crippen LogP contribution in [0.1, 0.15) is 57.4 Å². The highest BCUT2D eigenvalue weighted by Crippen LogP contribution is 2.51. The predicted octanol–water partition coefficient (Wildman–Crippen LogP) is 2.29. The van der Waals surface area contributed by atoms with Crippen LogP contribution in [-0.4, -0.2) is 78.4 Å². The Bertz CT molecular complexity index is 920. The Balaban J connectivity index is 1.56. The minimum Gasteiger partial charge on any atom is -0.368 e. The van der Waals surface area contributed by atoms with Gasteiger partial charge >= 0.3 is 6.03 Å². The fourth-order valence-corrected chi connectivity index (χ4v) is 6.28. The van der Waals surface area contributed by atoms with Gasteiger partial charge in [0.2, 0.25) is 11.8 Å². The molecular weight excluding hydrogens is 430 g/mol. The van der Waals surface area contributed by atoms with E-state index in [1.165, 1.54) is 12.0 Å². The van der Waals surface area contributed by atoms with Crippen LogP contribution in [0.4, 0.5) is 4.79 Å². The van der Waals surface area contributed by atoms with Crippen molar-refractivity contribution < 1.29 is 14.4 Å². The third-order valence-corrected chi connectivity index (χ3v) is 8.63. The number of rotatable bonds is 8. The first-order chi connectivity index (χ1) is 16.1. The molecule has 4 rings (SSSR count). The molecule has 2 aliphatic carbocycles. The monoisotopic (exact) mass is 469 g/mol. The number of amides is 4. The average molecular weight is 470 g/mol. The number of carbonyl (C=O) groups excluding carboxylic acids is 3. The summed E-state index contributed by atoms with van der Waals surface area (Å²) >= 11 is 0. The van der Waals surface area contributed by atoms with Gasteiger partial charge in [0.15, 0.2) is 0 Å². The van der Waals surface area contributed by atoms with E-state index < -0.39 is 5.91 Å². The number of urea groups is 1. The molecule has 8 nitrogen and oxygen atoms in total. The molecule has 8 heteroatoms. The van der Waals surface area contributed by atoms with Crippen LogP contribution in [0.25, 0.3) is 0 Å². The summed E-state index contributed by atoms with van der Waals surface area (Å²) in [5.41, 5.74) is 6.30. The number of nitrogens with zero attached hydrogens (tertiary/aromatic N) is 3. The van der Waals surface area contributed by atoms with E-state index in [1.807, 2.05) is 0 Å². The van der Waals surface area contributed by atoms with E-state index in [-0.39, 0.29) is 41.5 Å². The first-order valence-corrected chi connectivity index (χ1v) is 12.4. The van der Waals surface area contributed by atoms with Crippen molar-refractivity contribution >= 4 is 17.8 Å². The van der Waals surface area contributed by atoms with E-state index >= 15 is 0 Å². The minimum absolute atomic E-state index is 0.0431. The molecule has 1 heterocycles. The van der Waals surface area contributed by atoms with Crippen molar-refractivity contribution in [2.75, 3.05) is 40.3 Å². The summed E-state index contributed by atoms with van der Waals surface area (Å²) in [4.78, 5) is 43.2. The van der Waals surface area contributed by atoms with E-state index in [1.54, 1.807) is 4.90 Å². The first kappa shape index (κ1) is 24.5. The fourth-order valence-electron chi connectivity index (χ4n) is 6.28. The van der Waals surface area contributed by atoms with Crippen LogP contribution in [0, 0.1) is 5.41 Å². The molecule has 4 amide bonds. The second-order valence-electron chi connectivity index (χ2n) is 11.1. The van der Waals surface area contributed by atoms with Crippen LogP contribution in [-0.2, 0) is 15.1 Å². The minimum atomic E-state index is -0.592. The smallest absolute Gasteiger partial charge is 0.321 e. The summed E-state index contributed by atoms with van der Waals surface area (Å²) in [6.45, 7) is 3.31. The maximum atomic E-state index is 13.6. The summed E-state index contributed by atoms with van der Waals surface area (Å²) in [7, 11) is 4.29. The standard InChI is InChI=1S/C26H39N5O3/c1-24(10-7-11-24)18-31-23(34)30(17-22(33)28-16-21(27)32)19-25(31)12-14-26(15-13-25,29(2)3)20-8-5-4-6-9-20/h4-6,8-9H,7,10-19H2,1-3H3,(H2,27,32)(H,28,33)/t25-,26-. The summed E-state index contributed by atoms with van der Waals surface area (Å²) in [5.74, 6) is -0.938. The van der Waals surface area contributed by atoms with E-state index in [0.717, 1.165) is 45.1 Å². The van der Waals surface area contributed by atoms with Crippen LogP contribution >= 0.6 is 0 Å². The van der Waals surface area contributed by atoms with Gasteiger partial charge in [0.25, 0.3) is 0 Å². The van der Waals surface area contributed by atoms with Gasteiger partial charge in [0.05, 0.1) is 12.1 Å². The largest absolute Gasteiger partial charge is 0.368 e. The van der Waals surface area contributed by atoms with Crippen molar-refractivity contribution in [1.82, 2.24) is 20.0 Å². The molecule has 0 atom stereocenters. The van der Waals surface area contributed by atoms with Crippen molar-refractivity contribution in [1.29, 1.82) is 0 Å². The predicted molar refractivity (Wildman–Crippen MR) is 131 cm³/mol. The fraction of sp³-hybridized carbons (Fsp3) is 0.654. The molecule has 3 aliphatic rings. The van der Waals surface area contributed by atoms with Crippen LogP contribution in [0.5, 0.6) is 0 Å². The number of hydrogen-bond acceptors (Lipinski definition) is 4. The summed E-state index contributed by atoms with van der Waals surface area (Å²) in [6.07, 6.45) is 7.17. The second kappa shape index (κ2) is 9.21. The molecule has 3 fully saturated rings. The molecule has 0 bridgehead atoms. The van der Waals surface area contributed by atoms with Gasteiger partial charge in [-0.05, 0) is 63.6 Å². The molecule has 1 aromatic rings. The molecule has 3 N–H and O–H groups in total. The van der Waals surface area contributed by atoms with E-state index in [2.05, 4.69) is 66.5 Å². The average Bonchev–Trinajstić information content (AvgIpc) is 3.03. The summed E-state index contributed by atoms with van der Waals surface area (Å²) in [5, 5.41) is 2.52. The molecular formula is C26H39N5O3. The SMILES string of the molecule is CN(C)[C@]1(c2ccccc2)CC[C@@]2(CC1)CN(CC(=O)NCC(N)=O)C(=O)N2CC1(C)CCC1. The highest BCUT2D eigenvalue weighted by Gasteiger charge is 2.56. The van der Waals surface area contributed by atoms with Gasteiger partial charge in [-0.15, -0.1) is 0 Å². The Kier molecular flexibility index (Phi) is 6.64. The Hall–Kier alpha value is -2.61. The zero-order valence-corrected chi connectivity index (χ0v) is 20.8. The maximum Gasteiger partial charge on any atom is 0.321 e. The van der Waals surface area contributed by atoms with Gasteiger partial charge in [-0.3, -0.25) is 14.5 Å². The summed E-state index contributed by atoms with van der Waals surface area (Å²) in [6, 6.07) is 10.6. The first-order valence-electron chi connectivity index (χ1n) is 12.4. The Morgan fingerprint density at radius 3 is 2.24 bits per heavy atom. The normalized spacial score (nSPS) is 28.3. The number of carbonyl (C=O) groups is 3. The lowest BCUT2D eigenvalue weighted by Crippen LogP contribution is -2.57. The molecule has 1 spiro atoms. The molecule has 0 unspecified atom stereocenters. The molecule has 0 radical (unpaired) electrons. The highest BCUT2D eigenvalue weighted by molar-refractivity contribution is 5.88. The Morgan fingerprint density at radius 2 is 1.71 bits per heavy atom. The molecule has 0 aromatic heterocycles. The molecule has 186 valence electrons. The van der Waals surface area contributed by atoms with Gasteiger partial charge in [0, 0.05) is 18.6 Å². The van der Waals surface area contributed by atoms with Crippen molar-refractivity contribution in [3.05, 3.63) is 35.9 Å². The van der Waals surface area contributed by atoms with Gasteiger partial charge in [0.1, 0.15) is 6.54 Å². The van der Waals surface area contributed by atoms with Gasteiger partial charge in [-0.2, -0.15) is 0 Å². The quantitative estimate of drug-likeness (QED) is 0.610. The number of nitrogens with two attached hydrogens (primary N) is 1. The Morgan fingerprint density at radius 1 is 1.06 bits per heavy atom. The number of hydrogen-bond donors (Lipinski definition) is 2. The van der Waals surface area contributed by atoms with Crippen LogP contribution in [0.15, 0.2) is 30.3 Å².